The van der Waals surface area contributed by atoms with Crippen molar-refractivity contribution in [1.29, 1.82) is 0 Å². The minimum Gasteiger partial charge on any atom is -0.404 e. The number of fused-ring (bicyclic) bond motifs is 1. The number of benzene rings is 2. The molecule has 2 fully saturated rings. The smallest absolute Gasteiger partial charge is 0.264 e. The predicted octanol–water partition coefficient (Wildman–Crippen LogP) is 2.82. The summed E-state index contributed by atoms with van der Waals surface area (Å²) in [6.45, 7) is 9.92. The molecule has 1 unspecified atom stereocenters. The van der Waals surface area contributed by atoms with Crippen LogP contribution in [0.5, 0.6) is 0 Å². The van der Waals surface area contributed by atoms with Crippen molar-refractivity contribution < 1.29 is 40.7 Å². The fourth-order valence-corrected chi connectivity index (χ4v) is 11.2. The zero-order chi connectivity index (χ0) is 29.4. The number of ether oxygens (including phenoxy) is 5. The lowest BCUT2D eigenvalue weighted by Gasteiger charge is -2.47. The Balaban J connectivity index is 1.88. The average Bonchev–Trinajstić information content (AvgIpc) is 3.32. The summed E-state index contributed by atoms with van der Waals surface area (Å²) in [6.07, 6.45) is -2.38. The highest BCUT2D eigenvalue weighted by atomic mass is 32.2. The molecule has 222 valence electrons. The first kappa shape index (κ1) is 31.3. The van der Waals surface area contributed by atoms with E-state index in [1.807, 2.05) is 36.4 Å². The zero-order valence-electron chi connectivity index (χ0n) is 24.6. The van der Waals surface area contributed by atoms with E-state index in [2.05, 4.69) is 45.0 Å². The highest BCUT2D eigenvalue weighted by Gasteiger charge is 2.67. The molecule has 0 bridgehead atoms. The Morgan fingerprint density at radius 2 is 1.48 bits per heavy atom. The third-order valence-electron chi connectivity index (χ3n) is 7.54. The third-order valence-corrected chi connectivity index (χ3v) is 13.1. The minimum atomic E-state index is -3.93. The Hall–Kier alpha value is -1.67. The first-order chi connectivity index (χ1) is 18.7. The molecule has 2 heterocycles. The summed E-state index contributed by atoms with van der Waals surface area (Å²) in [5, 5.41) is 1.80. The van der Waals surface area contributed by atoms with Crippen LogP contribution in [0.2, 0.25) is 5.04 Å². The highest BCUT2D eigenvalue weighted by molar-refractivity contribution is 7.86. The van der Waals surface area contributed by atoms with Crippen molar-refractivity contribution in [3.63, 3.8) is 0 Å². The molecule has 0 N–H and O–H groups in total. The summed E-state index contributed by atoms with van der Waals surface area (Å²) in [5.41, 5.74) is -1.45. The fraction of sp³-hybridized carbons (Fsp3) is 0.586. The number of rotatable bonds is 11. The van der Waals surface area contributed by atoms with E-state index >= 15 is 0 Å². The van der Waals surface area contributed by atoms with Crippen molar-refractivity contribution in [3.05, 3.63) is 60.7 Å². The van der Waals surface area contributed by atoms with E-state index in [4.69, 9.17) is 32.3 Å². The molecule has 40 heavy (non-hydrogen) atoms. The lowest BCUT2D eigenvalue weighted by molar-refractivity contribution is -0.266. The van der Waals surface area contributed by atoms with Gasteiger partial charge in [-0.15, -0.1) is 0 Å². The van der Waals surface area contributed by atoms with Gasteiger partial charge in [-0.05, 0) is 29.3 Å². The van der Waals surface area contributed by atoms with Crippen molar-refractivity contribution in [3.8, 4) is 0 Å². The van der Waals surface area contributed by atoms with Gasteiger partial charge in [-0.1, -0.05) is 81.4 Å². The molecule has 0 aromatic heterocycles. The van der Waals surface area contributed by atoms with Gasteiger partial charge in [-0.2, -0.15) is 8.42 Å². The van der Waals surface area contributed by atoms with Crippen LogP contribution in [0, 0.1) is 0 Å². The van der Waals surface area contributed by atoms with Gasteiger partial charge < -0.3 is 28.1 Å². The van der Waals surface area contributed by atoms with E-state index < -0.39 is 54.4 Å². The van der Waals surface area contributed by atoms with E-state index in [-0.39, 0.29) is 18.3 Å². The van der Waals surface area contributed by atoms with Gasteiger partial charge in [0, 0.05) is 14.2 Å². The van der Waals surface area contributed by atoms with E-state index in [1.54, 1.807) is 13.8 Å². The first-order valence-electron chi connectivity index (χ1n) is 13.4. The van der Waals surface area contributed by atoms with E-state index in [0.29, 0.717) is 0 Å². The largest absolute Gasteiger partial charge is 0.404 e. The maximum absolute atomic E-state index is 12.5. The molecule has 0 spiro atoms. The molecule has 0 amide bonds. The van der Waals surface area contributed by atoms with Crippen molar-refractivity contribution in [2.75, 3.05) is 33.7 Å². The van der Waals surface area contributed by atoms with E-state index in [9.17, 15) is 8.42 Å². The van der Waals surface area contributed by atoms with E-state index in [1.165, 1.54) is 14.2 Å². The molecule has 4 rings (SSSR count). The van der Waals surface area contributed by atoms with Gasteiger partial charge in [-0.3, -0.25) is 4.18 Å². The van der Waals surface area contributed by atoms with Gasteiger partial charge >= 0.3 is 0 Å². The summed E-state index contributed by atoms with van der Waals surface area (Å²) in [5.74, 6) is -0.911. The molecular weight excluding hydrogens is 552 g/mol. The summed E-state index contributed by atoms with van der Waals surface area (Å²) < 4.78 is 68.2. The van der Waals surface area contributed by atoms with Crippen LogP contribution in [-0.4, -0.2) is 86.4 Å². The second-order valence-electron chi connectivity index (χ2n) is 11.9. The van der Waals surface area contributed by atoms with Crippen molar-refractivity contribution >= 4 is 28.8 Å². The van der Waals surface area contributed by atoms with Crippen LogP contribution in [0.15, 0.2) is 60.7 Å². The van der Waals surface area contributed by atoms with Crippen molar-refractivity contribution in [1.82, 2.24) is 0 Å². The van der Waals surface area contributed by atoms with Gasteiger partial charge in [0.25, 0.3) is 18.4 Å². The maximum Gasteiger partial charge on any atom is 0.264 e. The van der Waals surface area contributed by atoms with Gasteiger partial charge in [-0.25, -0.2) is 0 Å². The third kappa shape index (κ3) is 5.94. The lowest BCUT2D eigenvalue weighted by Crippen LogP contribution is -2.69. The van der Waals surface area contributed by atoms with Crippen LogP contribution in [0.1, 0.15) is 34.6 Å². The van der Waals surface area contributed by atoms with Crippen molar-refractivity contribution in [2.45, 2.75) is 75.6 Å². The quantitative estimate of drug-likeness (QED) is 0.287. The Morgan fingerprint density at radius 3 is 1.93 bits per heavy atom. The molecule has 11 heteroatoms. The Bertz CT molecular complexity index is 1190. The highest BCUT2D eigenvalue weighted by Crippen LogP contribution is 2.47. The number of hydrogen-bond acceptors (Lipinski definition) is 9. The van der Waals surface area contributed by atoms with Crippen LogP contribution < -0.4 is 10.4 Å². The number of hydrogen-bond donors (Lipinski definition) is 0. The van der Waals surface area contributed by atoms with Crippen LogP contribution in [0.3, 0.4) is 0 Å². The molecule has 2 aromatic carbocycles. The average molecular weight is 595 g/mol. The fourth-order valence-electron chi connectivity index (χ4n) is 6.01. The molecular formula is C29H42O9SSi. The van der Waals surface area contributed by atoms with Crippen LogP contribution in [-0.2, 0) is 42.4 Å². The molecule has 0 aliphatic carbocycles. The first-order valence-corrected chi connectivity index (χ1v) is 17.1. The second-order valence-corrected chi connectivity index (χ2v) is 17.8. The standard InChI is InChI=1S/C29H42O9SSi/c1-27(2,3)40(21-15-11-9-12-16-21,22-17-13-10-14-18-22)34-20-29(23(19-32-6)38-39(8,30)31)25(33-7)24-26(37-29)36-28(4,5)35-24/h9-18,23-26H,19-20H2,1-8H3/t23?,24-,25+,26+,29+/m1/s1. The molecule has 2 aliphatic heterocycles. The molecule has 2 aliphatic rings. The second kappa shape index (κ2) is 11.5. The summed E-state index contributed by atoms with van der Waals surface area (Å²) in [7, 11) is -3.98. The van der Waals surface area contributed by atoms with Gasteiger partial charge in [0.1, 0.15) is 18.3 Å². The molecule has 9 nitrogen and oxygen atoms in total. The predicted molar refractivity (Wildman–Crippen MR) is 154 cm³/mol. The Labute approximate surface area is 239 Å². The minimum absolute atomic E-state index is 0.0670. The molecule has 2 aromatic rings. The monoisotopic (exact) mass is 594 g/mol. The van der Waals surface area contributed by atoms with Gasteiger partial charge in [0.2, 0.25) is 0 Å². The molecule has 0 radical (unpaired) electrons. The molecule has 0 saturated carbocycles. The molecule has 2 saturated heterocycles. The zero-order valence-corrected chi connectivity index (χ0v) is 26.4. The topological polar surface area (TPSA) is 98.8 Å². The summed E-state index contributed by atoms with van der Waals surface area (Å²) in [4.78, 5) is 0. The van der Waals surface area contributed by atoms with Gasteiger partial charge in [0.05, 0.1) is 19.5 Å². The SMILES string of the molecule is COCC(OS(C)(=O)=O)[C@]1(CO[Si](c2ccccc2)(c2ccccc2)C(C)(C)C)O[C@@H]2OC(C)(C)O[C@@H]2[C@@H]1OC. The molecule has 5 atom stereocenters. The Morgan fingerprint density at radius 1 is 0.925 bits per heavy atom. The Kier molecular flexibility index (Phi) is 9.02. The van der Waals surface area contributed by atoms with E-state index in [0.717, 1.165) is 16.6 Å². The maximum atomic E-state index is 12.5. The summed E-state index contributed by atoms with van der Waals surface area (Å²) >= 11 is 0. The number of methoxy groups -OCH3 is 2. The van der Waals surface area contributed by atoms with Crippen LogP contribution in [0.4, 0.5) is 0 Å². The van der Waals surface area contributed by atoms with Crippen molar-refractivity contribution in [2.24, 2.45) is 0 Å². The van der Waals surface area contributed by atoms with Crippen LogP contribution >= 0.6 is 0 Å². The van der Waals surface area contributed by atoms with Gasteiger partial charge in [0.15, 0.2) is 17.7 Å². The summed E-state index contributed by atoms with van der Waals surface area (Å²) in [6, 6.07) is 20.3. The van der Waals surface area contributed by atoms with Crippen LogP contribution in [0.25, 0.3) is 0 Å². The normalized spacial score (nSPS) is 27.4. The lowest BCUT2D eigenvalue weighted by atomic mass is 9.90.